The van der Waals surface area contributed by atoms with Crippen molar-refractivity contribution in [2.45, 2.75) is 12.3 Å². The maximum Gasteiger partial charge on any atom is 0.0492 e. The molecule has 2 aromatic rings. The van der Waals surface area contributed by atoms with Crippen LogP contribution in [0.3, 0.4) is 0 Å². The molecule has 0 saturated carbocycles. The third-order valence-corrected chi connectivity index (χ3v) is 3.30. The van der Waals surface area contributed by atoms with Crippen molar-refractivity contribution >= 4 is 5.69 Å². The van der Waals surface area contributed by atoms with Gasteiger partial charge in [-0.15, -0.1) is 0 Å². The van der Waals surface area contributed by atoms with E-state index in [0.717, 1.165) is 13.0 Å². The van der Waals surface area contributed by atoms with Crippen LogP contribution in [0.15, 0.2) is 36.5 Å². The van der Waals surface area contributed by atoms with Gasteiger partial charge >= 0.3 is 0 Å². The van der Waals surface area contributed by atoms with Gasteiger partial charge in [-0.25, -0.2) is 0 Å². The molecule has 1 atom stereocenters. The maximum absolute atomic E-state index is 4.24. The molecule has 3 heteroatoms. The van der Waals surface area contributed by atoms with E-state index in [-0.39, 0.29) is 0 Å². The molecule has 82 valence electrons. The SMILES string of the molecule is Cn1nccc1C1CNc2ccccc2C1. The average molecular weight is 213 g/mol. The number of fused-ring (bicyclic) bond motifs is 1. The summed E-state index contributed by atoms with van der Waals surface area (Å²) in [5, 5.41) is 7.72. The van der Waals surface area contributed by atoms with Crippen molar-refractivity contribution in [1.29, 1.82) is 0 Å². The molecule has 0 aliphatic carbocycles. The molecule has 0 amide bonds. The second kappa shape index (κ2) is 3.67. The van der Waals surface area contributed by atoms with E-state index in [9.17, 15) is 0 Å². The van der Waals surface area contributed by atoms with E-state index >= 15 is 0 Å². The predicted octanol–water partition coefficient (Wildman–Crippen LogP) is 2.17. The van der Waals surface area contributed by atoms with Crippen LogP contribution in [0.5, 0.6) is 0 Å². The summed E-state index contributed by atoms with van der Waals surface area (Å²) in [5.41, 5.74) is 3.99. The topological polar surface area (TPSA) is 29.9 Å². The third-order valence-electron chi connectivity index (χ3n) is 3.30. The van der Waals surface area contributed by atoms with Gasteiger partial charge in [0.2, 0.25) is 0 Å². The number of anilines is 1. The number of aryl methyl sites for hydroxylation is 1. The first-order chi connectivity index (χ1) is 7.84. The van der Waals surface area contributed by atoms with Crippen molar-refractivity contribution < 1.29 is 0 Å². The van der Waals surface area contributed by atoms with E-state index < -0.39 is 0 Å². The average Bonchev–Trinajstić information content (AvgIpc) is 2.75. The van der Waals surface area contributed by atoms with Crippen molar-refractivity contribution in [3.05, 3.63) is 47.8 Å². The Morgan fingerprint density at radius 1 is 1.31 bits per heavy atom. The van der Waals surface area contributed by atoms with E-state index in [2.05, 4.69) is 40.7 Å². The molecule has 0 saturated heterocycles. The molecule has 0 spiro atoms. The molecule has 0 radical (unpaired) electrons. The summed E-state index contributed by atoms with van der Waals surface area (Å²) in [4.78, 5) is 0. The van der Waals surface area contributed by atoms with Crippen LogP contribution in [0.1, 0.15) is 17.2 Å². The smallest absolute Gasteiger partial charge is 0.0492 e. The molecule has 1 unspecified atom stereocenters. The molecule has 0 bridgehead atoms. The summed E-state index contributed by atoms with van der Waals surface area (Å²) in [6.45, 7) is 0.997. The van der Waals surface area contributed by atoms with Gasteiger partial charge in [-0.3, -0.25) is 4.68 Å². The Morgan fingerprint density at radius 3 is 3.00 bits per heavy atom. The largest absolute Gasteiger partial charge is 0.384 e. The minimum absolute atomic E-state index is 0.530. The summed E-state index contributed by atoms with van der Waals surface area (Å²) in [6.07, 6.45) is 2.97. The highest BCUT2D eigenvalue weighted by molar-refractivity contribution is 5.54. The van der Waals surface area contributed by atoms with Crippen molar-refractivity contribution in [3.63, 3.8) is 0 Å². The van der Waals surface area contributed by atoms with Crippen molar-refractivity contribution in [1.82, 2.24) is 9.78 Å². The van der Waals surface area contributed by atoms with Crippen LogP contribution in [-0.2, 0) is 13.5 Å². The highest BCUT2D eigenvalue weighted by atomic mass is 15.3. The van der Waals surface area contributed by atoms with E-state index in [1.165, 1.54) is 16.9 Å². The van der Waals surface area contributed by atoms with Gasteiger partial charge in [0.05, 0.1) is 0 Å². The summed E-state index contributed by atoms with van der Waals surface area (Å²) in [5.74, 6) is 0.530. The lowest BCUT2D eigenvalue weighted by Gasteiger charge is -2.26. The normalized spacial score (nSPS) is 18.9. The standard InChI is InChI=1S/C13H15N3/c1-16-13(6-7-15-16)11-8-10-4-2-3-5-12(10)14-9-11/h2-7,11,14H,8-9H2,1H3. The second-order valence-electron chi connectivity index (χ2n) is 4.32. The molecule has 1 aromatic heterocycles. The van der Waals surface area contributed by atoms with Crippen molar-refractivity contribution in [3.8, 4) is 0 Å². The van der Waals surface area contributed by atoms with Crippen LogP contribution >= 0.6 is 0 Å². The van der Waals surface area contributed by atoms with Gasteiger partial charge in [0.15, 0.2) is 0 Å². The van der Waals surface area contributed by atoms with E-state index in [1.54, 1.807) is 0 Å². The van der Waals surface area contributed by atoms with Crippen molar-refractivity contribution in [2.75, 3.05) is 11.9 Å². The van der Waals surface area contributed by atoms with Gasteiger partial charge in [-0.05, 0) is 24.1 Å². The fourth-order valence-electron chi connectivity index (χ4n) is 2.44. The van der Waals surface area contributed by atoms with E-state index in [4.69, 9.17) is 0 Å². The van der Waals surface area contributed by atoms with Crippen LogP contribution in [-0.4, -0.2) is 16.3 Å². The first-order valence-corrected chi connectivity index (χ1v) is 5.64. The fourth-order valence-corrected chi connectivity index (χ4v) is 2.44. The van der Waals surface area contributed by atoms with Crippen LogP contribution < -0.4 is 5.32 Å². The number of hydrogen-bond donors (Lipinski definition) is 1. The number of nitrogens with zero attached hydrogens (tertiary/aromatic N) is 2. The Morgan fingerprint density at radius 2 is 2.19 bits per heavy atom. The van der Waals surface area contributed by atoms with Crippen LogP contribution in [0, 0.1) is 0 Å². The van der Waals surface area contributed by atoms with Crippen LogP contribution in [0.2, 0.25) is 0 Å². The Bertz CT molecular complexity index is 501. The molecule has 3 nitrogen and oxygen atoms in total. The highest BCUT2D eigenvalue weighted by Crippen LogP contribution is 2.29. The predicted molar refractivity (Wildman–Crippen MR) is 64.6 cm³/mol. The number of benzene rings is 1. The Balaban J connectivity index is 1.91. The molecule has 1 aliphatic heterocycles. The van der Waals surface area contributed by atoms with Crippen LogP contribution in [0.25, 0.3) is 0 Å². The fraction of sp³-hybridized carbons (Fsp3) is 0.308. The zero-order valence-corrected chi connectivity index (χ0v) is 9.35. The quantitative estimate of drug-likeness (QED) is 0.786. The lowest BCUT2D eigenvalue weighted by atomic mass is 9.91. The number of para-hydroxylation sites is 1. The summed E-state index contributed by atoms with van der Waals surface area (Å²) in [6, 6.07) is 10.6. The second-order valence-corrected chi connectivity index (χ2v) is 4.32. The number of rotatable bonds is 1. The number of aromatic nitrogens is 2. The maximum atomic E-state index is 4.24. The third kappa shape index (κ3) is 1.48. The number of nitrogens with one attached hydrogen (secondary N) is 1. The Labute approximate surface area is 95.1 Å². The van der Waals surface area contributed by atoms with Crippen molar-refractivity contribution in [2.24, 2.45) is 7.05 Å². The zero-order chi connectivity index (χ0) is 11.0. The summed E-state index contributed by atoms with van der Waals surface area (Å²) >= 11 is 0. The monoisotopic (exact) mass is 213 g/mol. The molecule has 3 rings (SSSR count). The van der Waals surface area contributed by atoms with E-state index in [0.29, 0.717) is 5.92 Å². The lowest BCUT2D eigenvalue weighted by Crippen LogP contribution is -2.23. The molecular weight excluding hydrogens is 198 g/mol. The molecule has 1 aliphatic rings. The van der Waals surface area contributed by atoms with Gasteiger partial charge in [-0.1, -0.05) is 18.2 Å². The summed E-state index contributed by atoms with van der Waals surface area (Å²) in [7, 11) is 2.01. The molecule has 16 heavy (non-hydrogen) atoms. The van der Waals surface area contributed by atoms with Gasteiger partial charge in [-0.2, -0.15) is 5.10 Å². The lowest BCUT2D eigenvalue weighted by molar-refractivity contribution is 0.606. The minimum atomic E-state index is 0.530. The molecule has 0 fully saturated rings. The first kappa shape index (κ1) is 9.46. The van der Waals surface area contributed by atoms with Gasteiger partial charge in [0, 0.05) is 37.1 Å². The Kier molecular flexibility index (Phi) is 2.17. The van der Waals surface area contributed by atoms with E-state index in [1.807, 2.05) is 17.9 Å². The van der Waals surface area contributed by atoms with Gasteiger partial charge < -0.3 is 5.32 Å². The first-order valence-electron chi connectivity index (χ1n) is 5.64. The Hall–Kier alpha value is -1.77. The minimum Gasteiger partial charge on any atom is -0.384 e. The van der Waals surface area contributed by atoms with Crippen LogP contribution in [0.4, 0.5) is 5.69 Å². The highest BCUT2D eigenvalue weighted by Gasteiger charge is 2.21. The summed E-state index contributed by atoms with van der Waals surface area (Å²) < 4.78 is 1.97. The molecule has 1 N–H and O–H groups in total. The molecular formula is C13H15N3. The molecule has 2 heterocycles. The van der Waals surface area contributed by atoms with Gasteiger partial charge in [0.25, 0.3) is 0 Å². The van der Waals surface area contributed by atoms with Gasteiger partial charge in [0.1, 0.15) is 0 Å². The molecule has 1 aromatic carbocycles. The number of hydrogen-bond acceptors (Lipinski definition) is 2. The zero-order valence-electron chi connectivity index (χ0n) is 9.35.